The number of aliphatic hydroxyl groups excluding tert-OH is 1. The minimum Gasteiger partial charge on any atom is -0.503 e. The van der Waals surface area contributed by atoms with Gasteiger partial charge in [-0.25, -0.2) is 0 Å². The molecule has 0 heterocycles. The van der Waals surface area contributed by atoms with Gasteiger partial charge in [0.25, 0.3) is 0 Å². The minimum absolute atomic E-state index is 0. The predicted molar refractivity (Wildman–Crippen MR) is 72.9 cm³/mol. The fourth-order valence-corrected chi connectivity index (χ4v) is 1.90. The van der Waals surface area contributed by atoms with Gasteiger partial charge in [-0.2, -0.15) is 0 Å². The van der Waals surface area contributed by atoms with Crippen LogP contribution >= 0.6 is 28.3 Å². The van der Waals surface area contributed by atoms with Gasteiger partial charge < -0.3 is 20.7 Å². The Bertz CT molecular complexity index is 363. The van der Waals surface area contributed by atoms with Crippen molar-refractivity contribution in [3.05, 3.63) is 22.2 Å². The molecular formula is C11H17BrClNO3. The molecule has 0 saturated carbocycles. The number of phenols is 1. The summed E-state index contributed by atoms with van der Waals surface area (Å²) in [5.41, 5.74) is 6.82. The largest absolute Gasteiger partial charge is 0.503 e. The van der Waals surface area contributed by atoms with E-state index < -0.39 is 0 Å². The van der Waals surface area contributed by atoms with Gasteiger partial charge in [-0.15, -0.1) is 12.4 Å². The first kappa shape index (κ1) is 16.5. The van der Waals surface area contributed by atoms with Crippen molar-refractivity contribution in [2.24, 2.45) is 5.73 Å². The quantitative estimate of drug-likeness (QED) is 0.776. The molecule has 4 nitrogen and oxygen atoms in total. The predicted octanol–water partition coefficient (Wildman–Crippen LogP) is 2.36. The second kappa shape index (κ2) is 7.76. The number of aromatic hydroxyl groups is 1. The second-order valence-corrected chi connectivity index (χ2v) is 4.38. The topological polar surface area (TPSA) is 75.7 Å². The van der Waals surface area contributed by atoms with Crippen molar-refractivity contribution in [3.8, 4) is 11.5 Å². The van der Waals surface area contributed by atoms with Gasteiger partial charge in [0.2, 0.25) is 0 Å². The zero-order valence-corrected chi connectivity index (χ0v) is 11.9. The van der Waals surface area contributed by atoms with E-state index in [1.807, 2.05) is 0 Å². The van der Waals surface area contributed by atoms with E-state index >= 15 is 0 Å². The molecule has 0 aliphatic rings. The maximum absolute atomic E-state index is 9.63. The van der Waals surface area contributed by atoms with Gasteiger partial charge in [0.15, 0.2) is 11.5 Å². The number of benzene rings is 1. The molecule has 0 aliphatic heterocycles. The monoisotopic (exact) mass is 325 g/mol. The Morgan fingerprint density at radius 3 is 2.65 bits per heavy atom. The number of halogens is 2. The van der Waals surface area contributed by atoms with Crippen LogP contribution in [0, 0.1) is 0 Å². The number of methoxy groups -OCH3 is 1. The van der Waals surface area contributed by atoms with Crippen molar-refractivity contribution in [3.63, 3.8) is 0 Å². The molecule has 1 atom stereocenters. The third-order valence-electron chi connectivity index (χ3n) is 2.37. The molecule has 0 radical (unpaired) electrons. The number of hydrogen-bond acceptors (Lipinski definition) is 4. The number of hydrogen-bond donors (Lipinski definition) is 3. The summed E-state index contributed by atoms with van der Waals surface area (Å²) in [6, 6.07) is 3.31. The van der Waals surface area contributed by atoms with E-state index in [-0.39, 0.29) is 30.8 Å². The van der Waals surface area contributed by atoms with Crippen LogP contribution in [0.1, 0.15) is 24.4 Å². The molecule has 0 amide bonds. The van der Waals surface area contributed by atoms with E-state index in [1.54, 1.807) is 12.1 Å². The standard InChI is InChI=1S/C11H16BrNO3.ClH/c1-16-10-6-7(5-8(12)11(10)15)9(13)3-2-4-14;/h5-6,9,14-15H,2-4,13H2,1H3;1H/t9-;/m0./s1. The number of nitrogens with two attached hydrogens (primary N) is 1. The summed E-state index contributed by atoms with van der Waals surface area (Å²) in [6.07, 6.45) is 1.35. The summed E-state index contributed by atoms with van der Waals surface area (Å²) in [5.74, 6) is 0.462. The Morgan fingerprint density at radius 2 is 2.12 bits per heavy atom. The highest BCUT2D eigenvalue weighted by Gasteiger charge is 2.12. The van der Waals surface area contributed by atoms with Gasteiger partial charge in [-0.05, 0) is 46.5 Å². The minimum atomic E-state index is -0.169. The van der Waals surface area contributed by atoms with Gasteiger partial charge in [-0.3, -0.25) is 0 Å². The Labute approximate surface area is 115 Å². The van der Waals surface area contributed by atoms with Gasteiger partial charge in [-0.1, -0.05) is 0 Å². The lowest BCUT2D eigenvalue weighted by Gasteiger charge is -2.14. The zero-order chi connectivity index (χ0) is 12.1. The summed E-state index contributed by atoms with van der Waals surface area (Å²) < 4.78 is 5.59. The zero-order valence-electron chi connectivity index (χ0n) is 9.52. The van der Waals surface area contributed by atoms with Gasteiger partial charge in [0.1, 0.15) is 0 Å². The van der Waals surface area contributed by atoms with Crippen LogP contribution in [0.2, 0.25) is 0 Å². The Kier molecular flexibility index (Phi) is 7.54. The molecule has 4 N–H and O–H groups in total. The first-order valence-corrected chi connectivity index (χ1v) is 5.82. The highest BCUT2D eigenvalue weighted by atomic mass is 79.9. The average molecular weight is 327 g/mol. The smallest absolute Gasteiger partial charge is 0.172 e. The molecule has 98 valence electrons. The maximum atomic E-state index is 9.63. The lowest BCUT2D eigenvalue weighted by atomic mass is 10.0. The Balaban J connectivity index is 0.00000256. The first-order valence-electron chi connectivity index (χ1n) is 5.03. The van der Waals surface area contributed by atoms with Gasteiger partial charge in [0.05, 0.1) is 11.6 Å². The van der Waals surface area contributed by atoms with Crippen molar-refractivity contribution in [1.29, 1.82) is 0 Å². The van der Waals surface area contributed by atoms with Gasteiger partial charge in [0, 0.05) is 12.6 Å². The van der Waals surface area contributed by atoms with Crippen molar-refractivity contribution in [1.82, 2.24) is 0 Å². The number of ether oxygens (including phenoxy) is 1. The molecule has 17 heavy (non-hydrogen) atoms. The molecule has 1 aromatic rings. The van der Waals surface area contributed by atoms with E-state index in [0.29, 0.717) is 23.1 Å². The second-order valence-electron chi connectivity index (χ2n) is 3.53. The van der Waals surface area contributed by atoms with E-state index in [9.17, 15) is 5.11 Å². The molecule has 0 spiro atoms. The molecule has 1 rings (SSSR count). The van der Waals surface area contributed by atoms with E-state index in [2.05, 4.69) is 15.9 Å². The van der Waals surface area contributed by atoms with E-state index in [0.717, 1.165) is 5.56 Å². The third-order valence-corrected chi connectivity index (χ3v) is 2.98. The van der Waals surface area contributed by atoms with Crippen molar-refractivity contribution < 1.29 is 14.9 Å². The number of rotatable bonds is 5. The fraction of sp³-hybridized carbons (Fsp3) is 0.455. The Hall–Kier alpha value is -0.490. The molecule has 0 saturated heterocycles. The molecule has 0 aromatic heterocycles. The van der Waals surface area contributed by atoms with E-state index in [4.69, 9.17) is 15.6 Å². The van der Waals surface area contributed by atoms with Crippen LogP contribution in [-0.4, -0.2) is 23.9 Å². The van der Waals surface area contributed by atoms with Crippen LogP contribution < -0.4 is 10.5 Å². The van der Waals surface area contributed by atoms with Crippen LogP contribution in [0.3, 0.4) is 0 Å². The molecular weight excluding hydrogens is 309 g/mol. The van der Waals surface area contributed by atoms with Crippen LogP contribution in [-0.2, 0) is 0 Å². The Morgan fingerprint density at radius 1 is 1.47 bits per heavy atom. The molecule has 0 bridgehead atoms. The van der Waals surface area contributed by atoms with Crippen LogP contribution in [0.4, 0.5) is 0 Å². The van der Waals surface area contributed by atoms with Crippen LogP contribution in [0.15, 0.2) is 16.6 Å². The summed E-state index contributed by atoms with van der Waals surface area (Å²) >= 11 is 3.24. The van der Waals surface area contributed by atoms with E-state index in [1.165, 1.54) is 7.11 Å². The highest BCUT2D eigenvalue weighted by molar-refractivity contribution is 9.10. The summed E-state index contributed by atoms with van der Waals surface area (Å²) in [4.78, 5) is 0. The molecule has 0 unspecified atom stereocenters. The van der Waals surface area contributed by atoms with Crippen LogP contribution in [0.25, 0.3) is 0 Å². The van der Waals surface area contributed by atoms with Crippen molar-refractivity contribution in [2.75, 3.05) is 13.7 Å². The molecule has 0 aliphatic carbocycles. The lowest BCUT2D eigenvalue weighted by molar-refractivity contribution is 0.280. The number of phenolic OH excluding ortho intramolecular Hbond substituents is 1. The van der Waals surface area contributed by atoms with Crippen molar-refractivity contribution >= 4 is 28.3 Å². The lowest BCUT2D eigenvalue weighted by Crippen LogP contribution is -2.11. The average Bonchev–Trinajstić information content (AvgIpc) is 2.29. The summed E-state index contributed by atoms with van der Waals surface area (Å²) in [7, 11) is 1.49. The van der Waals surface area contributed by atoms with Gasteiger partial charge >= 0.3 is 0 Å². The highest BCUT2D eigenvalue weighted by Crippen LogP contribution is 2.37. The summed E-state index contributed by atoms with van der Waals surface area (Å²) in [5, 5.41) is 18.4. The molecule has 0 fully saturated rings. The first-order chi connectivity index (χ1) is 7.60. The normalized spacial score (nSPS) is 11.8. The van der Waals surface area contributed by atoms with Crippen molar-refractivity contribution in [2.45, 2.75) is 18.9 Å². The molecule has 1 aromatic carbocycles. The summed E-state index contributed by atoms with van der Waals surface area (Å²) in [6.45, 7) is 0.129. The fourth-order valence-electron chi connectivity index (χ4n) is 1.44. The SMILES string of the molecule is COc1cc([C@@H](N)CCCO)cc(Br)c1O.Cl. The van der Waals surface area contributed by atoms with Crippen LogP contribution in [0.5, 0.6) is 11.5 Å². The third kappa shape index (κ3) is 4.35. The number of aliphatic hydroxyl groups is 1. The molecule has 6 heteroatoms. The maximum Gasteiger partial charge on any atom is 0.172 e.